The number of ether oxygens (including phenoxy) is 1. The van der Waals surface area contributed by atoms with Gasteiger partial charge in [0.2, 0.25) is 5.65 Å². The molecular weight excluding hydrogens is 406 g/mol. The Morgan fingerprint density at radius 2 is 1.84 bits per heavy atom. The van der Waals surface area contributed by atoms with Crippen LogP contribution in [-0.4, -0.2) is 61.1 Å². The summed E-state index contributed by atoms with van der Waals surface area (Å²) in [5.41, 5.74) is 3.25. The van der Waals surface area contributed by atoms with E-state index >= 15 is 0 Å². The molecule has 0 atom stereocenters. The van der Waals surface area contributed by atoms with Crippen LogP contribution in [-0.2, 0) is 4.74 Å². The molecule has 1 N–H and O–H groups in total. The molecule has 0 radical (unpaired) electrons. The summed E-state index contributed by atoms with van der Waals surface area (Å²) in [7, 11) is 0. The number of tetrazole rings is 1. The standard InChI is InChI=1S/C21H21N7O2.C2H6/c1-21(2)13-27(11-12-30-21)20(29)14-7-9-15(10-8-14)22-18-19-24-25-26-28(19)17-6-4-3-5-16(17)23-18;1-2/h3-10H,11-13H2,1-2H3,(H,22,23);1-2H3. The Hall–Kier alpha value is -3.59. The monoisotopic (exact) mass is 433 g/mol. The number of carbonyl (C=O) groups excluding carboxylic acids is 1. The predicted molar refractivity (Wildman–Crippen MR) is 123 cm³/mol. The second-order valence-electron chi connectivity index (χ2n) is 7.90. The zero-order valence-electron chi connectivity index (χ0n) is 18.7. The fraction of sp³-hybridized carbons (Fsp3) is 0.348. The van der Waals surface area contributed by atoms with Gasteiger partial charge in [-0.05, 0) is 60.7 Å². The lowest BCUT2D eigenvalue weighted by Gasteiger charge is -2.38. The lowest BCUT2D eigenvalue weighted by atomic mass is 10.1. The summed E-state index contributed by atoms with van der Waals surface area (Å²) < 4.78 is 7.35. The number of rotatable bonds is 3. The van der Waals surface area contributed by atoms with Gasteiger partial charge in [-0.25, -0.2) is 4.98 Å². The molecule has 0 aliphatic carbocycles. The molecular formula is C23H27N7O2. The molecule has 1 saturated heterocycles. The average Bonchev–Trinajstić information content (AvgIpc) is 3.31. The van der Waals surface area contributed by atoms with Crippen molar-refractivity contribution in [3.05, 3.63) is 54.1 Å². The highest BCUT2D eigenvalue weighted by molar-refractivity contribution is 5.95. The molecule has 1 aliphatic heterocycles. The van der Waals surface area contributed by atoms with Crippen molar-refractivity contribution >= 4 is 34.1 Å². The van der Waals surface area contributed by atoms with Gasteiger partial charge in [-0.15, -0.1) is 5.10 Å². The first-order valence-corrected chi connectivity index (χ1v) is 10.8. The maximum absolute atomic E-state index is 12.9. The van der Waals surface area contributed by atoms with Gasteiger partial charge in [-0.2, -0.15) is 4.52 Å². The minimum Gasteiger partial charge on any atom is -0.372 e. The molecule has 0 bridgehead atoms. The van der Waals surface area contributed by atoms with Gasteiger partial charge >= 0.3 is 0 Å². The summed E-state index contributed by atoms with van der Waals surface area (Å²) in [6.45, 7) is 9.71. The fourth-order valence-electron chi connectivity index (χ4n) is 3.69. The van der Waals surface area contributed by atoms with Gasteiger partial charge in [0.25, 0.3) is 5.91 Å². The molecule has 0 unspecified atom stereocenters. The van der Waals surface area contributed by atoms with E-state index in [-0.39, 0.29) is 11.5 Å². The van der Waals surface area contributed by atoms with E-state index in [0.717, 1.165) is 16.7 Å². The molecule has 4 aromatic rings. The highest BCUT2D eigenvalue weighted by Crippen LogP contribution is 2.24. The third-order valence-electron chi connectivity index (χ3n) is 5.13. The molecule has 1 fully saturated rings. The number of hydrogen-bond donors (Lipinski definition) is 1. The summed E-state index contributed by atoms with van der Waals surface area (Å²) in [5, 5.41) is 15.2. The fourth-order valence-corrected chi connectivity index (χ4v) is 3.69. The largest absolute Gasteiger partial charge is 0.372 e. The molecule has 32 heavy (non-hydrogen) atoms. The quantitative estimate of drug-likeness (QED) is 0.526. The van der Waals surface area contributed by atoms with Crippen molar-refractivity contribution in [2.24, 2.45) is 0 Å². The molecule has 166 valence electrons. The van der Waals surface area contributed by atoms with Gasteiger partial charge in [0.15, 0.2) is 5.82 Å². The Bertz CT molecular complexity index is 1230. The number of fused-ring (bicyclic) bond motifs is 3. The van der Waals surface area contributed by atoms with Crippen LogP contribution in [0.1, 0.15) is 38.1 Å². The Balaban J connectivity index is 0.00000119. The number of morpholine rings is 1. The van der Waals surface area contributed by atoms with E-state index in [1.54, 1.807) is 4.52 Å². The number of carbonyl (C=O) groups is 1. The Morgan fingerprint density at radius 1 is 1.09 bits per heavy atom. The van der Waals surface area contributed by atoms with Crippen LogP contribution < -0.4 is 5.32 Å². The van der Waals surface area contributed by atoms with E-state index in [9.17, 15) is 4.79 Å². The first-order chi connectivity index (χ1) is 15.5. The number of nitrogens with one attached hydrogen (secondary N) is 1. The zero-order valence-corrected chi connectivity index (χ0v) is 18.7. The van der Waals surface area contributed by atoms with Crippen molar-refractivity contribution in [3.63, 3.8) is 0 Å². The smallest absolute Gasteiger partial charge is 0.254 e. The molecule has 3 heterocycles. The van der Waals surface area contributed by atoms with Crippen LogP contribution >= 0.6 is 0 Å². The van der Waals surface area contributed by atoms with Gasteiger partial charge < -0.3 is 15.0 Å². The molecule has 5 rings (SSSR count). The number of amides is 1. The third kappa shape index (κ3) is 4.24. The number of anilines is 2. The normalized spacial score (nSPS) is 15.3. The van der Waals surface area contributed by atoms with Crippen LogP contribution in [0.2, 0.25) is 0 Å². The second-order valence-corrected chi connectivity index (χ2v) is 7.90. The van der Waals surface area contributed by atoms with Crippen LogP contribution in [0.5, 0.6) is 0 Å². The minimum absolute atomic E-state index is 0.00537. The van der Waals surface area contributed by atoms with E-state index < -0.39 is 0 Å². The summed E-state index contributed by atoms with van der Waals surface area (Å²) in [5.74, 6) is 0.554. The van der Waals surface area contributed by atoms with Gasteiger partial charge in [-0.3, -0.25) is 4.79 Å². The molecule has 1 amide bonds. The lowest BCUT2D eigenvalue weighted by Crippen LogP contribution is -2.50. The summed E-state index contributed by atoms with van der Waals surface area (Å²) in [4.78, 5) is 19.3. The average molecular weight is 434 g/mol. The molecule has 1 aliphatic rings. The second kappa shape index (κ2) is 8.88. The molecule has 9 nitrogen and oxygen atoms in total. The van der Waals surface area contributed by atoms with Gasteiger partial charge in [-0.1, -0.05) is 26.0 Å². The van der Waals surface area contributed by atoms with Crippen LogP contribution in [0.4, 0.5) is 11.5 Å². The lowest BCUT2D eigenvalue weighted by molar-refractivity contribution is -0.0764. The van der Waals surface area contributed by atoms with Gasteiger partial charge in [0, 0.05) is 24.3 Å². The Kier molecular flexibility index (Phi) is 6.00. The minimum atomic E-state index is -0.325. The van der Waals surface area contributed by atoms with E-state index in [4.69, 9.17) is 4.74 Å². The third-order valence-corrected chi connectivity index (χ3v) is 5.13. The van der Waals surface area contributed by atoms with Crippen molar-refractivity contribution in [2.45, 2.75) is 33.3 Å². The van der Waals surface area contributed by atoms with E-state index in [1.807, 2.05) is 81.1 Å². The maximum atomic E-state index is 12.9. The van der Waals surface area contributed by atoms with Crippen molar-refractivity contribution in [1.82, 2.24) is 29.9 Å². The van der Waals surface area contributed by atoms with Crippen LogP contribution in [0.25, 0.3) is 16.7 Å². The van der Waals surface area contributed by atoms with Crippen LogP contribution in [0, 0.1) is 0 Å². The van der Waals surface area contributed by atoms with Crippen LogP contribution in [0.3, 0.4) is 0 Å². The van der Waals surface area contributed by atoms with E-state index in [1.165, 1.54) is 0 Å². The van der Waals surface area contributed by atoms with Gasteiger partial charge in [0.1, 0.15) is 0 Å². The van der Waals surface area contributed by atoms with Crippen molar-refractivity contribution in [2.75, 3.05) is 25.0 Å². The van der Waals surface area contributed by atoms with Crippen molar-refractivity contribution in [3.8, 4) is 0 Å². The first kappa shape index (κ1) is 21.6. The van der Waals surface area contributed by atoms with Gasteiger partial charge in [0.05, 0.1) is 23.2 Å². The summed E-state index contributed by atoms with van der Waals surface area (Å²) in [6, 6.07) is 15.0. The highest BCUT2D eigenvalue weighted by atomic mass is 16.5. The Labute approximate surface area is 186 Å². The molecule has 0 saturated carbocycles. The highest BCUT2D eigenvalue weighted by Gasteiger charge is 2.30. The number of nitrogens with zero attached hydrogens (tertiary/aromatic N) is 6. The SMILES string of the molecule is CC.CC1(C)CN(C(=O)c2ccc(Nc3nc4ccccc4n4nnnc34)cc2)CCO1. The number of benzene rings is 2. The molecule has 2 aromatic heterocycles. The number of para-hydroxylation sites is 2. The summed E-state index contributed by atoms with van der Waals surface area (Å²) >= 11 is 0. The zero-order chi connectivity index (χ0) is 22.7. The summed E-state index contributed by atoms with van der Waals surface area (Å²) in [6.07, 6.45) is 0. The Morgan fingerprint density at radius 3 is 2.59 bits per heavy atom. The van der Waals surface area contributed by atoms with Crippen molar-refractivity contribution in [1.29, 1.82) is 0 Å². The number of aromatic nitrogens is 5. The topological polar surface area (TPSA) is 97.5 Å². The van der Waals surface area contributed by atoms with E-state index in [2.05, 4.69) is 25.8 Å². The number of hydrogen-bond acceptors (Lipinski definition) is 7. The molecule has 0 spiro atoms. The maximum Gasteiger partial charge on any atom is 0.254 e. The van der Waals surface area contributed by atoms with E-state index in [0.29, 0.717) is 36.7 Å². The van der Waals surface area contributed by atoms with Crippen LogP contribution in [0.15, 0.2) is 48.5 Å². The van der Waals surface area contributed by atoms with Crippen molar-refractivity contribution < 1.29 is 9.53 Å². The predicted octanol–water partition coefficient (Wildman–Crippen LogP) is 3.69. The molecule has 2 aromatic carbocycles. The molecule has 9 heteroatoms. The first-order valence-electron chi connectivity index (χ1n) is 10.8.